The molecule has 0 amide bonds. The highest BCUT2D eigenvalue weighted by atomic mass is 79.9. The summed E-state index contributed by atoms with van der Waals surface area (Å²) in [5, 5.41) is 12.0. The molecule has 0 unspecified atom stereocenters. The first-order valence-corrected chi connectivity index (χ1v) is 5.25. The SMILES string of the molecule is CB(O)NC(C)=Cc1cccc(Br)c1. The summed E-state index contributed by atoms with van der Waals surface area (Å²) in [6.07, 6.45) is 1.98. The van der Waals surface area contributed by atoms with Crippen LogP contribution in [0.2, 0.25) is 6.82 Å². The first kappa shape index (κ1) is 11.3. The highest BCUT2D eigenvalue weighted by Gasteiger charge is 2.00. The van der Waals surface area contributed by atoms with Gasteiger partial charge in [-0.3, -0.25) is 0 Å². The van der Waals surface area contributed by atoms with Crippen molar-refractivity contribution in [1.29, 1.82) is 0 Å². The molecule has 0 heterocycles. The molecule has 2 nitrogen and oxygen atoms in total. The van der Waals surface area contributed by atoms with Gasteiger partial charge in [0.25, 0.3) is 0 Å². The van der Waals surface area contributed by atoms with Gasteiger partial charge in [0, 0.05) is 4.47 Å². The van der Waals surface area contributed by atoms with Crippen LogP contribution in [0.1, 0.15) is 12.5 Å². The van der Waals surface area contributed by atoms with E-state index in [1.807, 2.05) is 37.3 Å². The second-order valence-corrected chi connectivity index (χ2v) is 4.12. The lowest BCUT2D eigenvalue weighted by molar-refractivity contribution is 0.566. The number of rotatable bonds is 3. The topological polar surface area (TPSA) is 32.3 Å². The van der Waals surface area contributed by atoms with E-state index in [0.717, 1.165) is 15.7 Å². The summed E-state index contributed by atoms with van der Waals surface area (Å²) >= 11 is 3.40. The van der Waals surface area contributed by atoms with Crippen molar-refractivity contribution in [3.8, 4) is 0 Å². The molecule has 0 radical (unpaired) electrons. The summed E-state index contributed by atoms with van der Waals surface area (Å²) in [4.78, 5) is 0. The summed E-state index contributed by atoms with van der Waals surface area (Å²) in [5.74, 6) is 0. The van der Waals surface area contributed by atoms with Gasteiger partial charge in [-0.15, -0.1) is 0 Å². The molecule has 0 spiro atoms. The van der Waals surface area contributed by atoms with Crippen molar-refractivity contribution in [2.75, 3.05) is 0 Å². The number of hydrogen-bond donors (Lipinski definition) is 2. The Hall–Kier alpha value is -0.735. The Morgan fingerprint density at radius 3 is 2.86 bits per heavy atom. The molecule has 0 atom stereocenters. The molecule has 0 aliphatic rings. The third-order valence-corrected chi connectivity index (χ3v) is 2.16. The Kier molecular flexibility index (Phi) is 4.23. The monoisotopic (exact) mass is 253 g/mol. The van der Waals surface area contributed by atoms with Gasteiger partial charge in [0.15, 0.2) is 0 Å². The van der Waals surface area contributed by atoms with Crippen LogP contribution in [-0.2, 0) is 0 Å². The largest absolute Gasteiger partial charge is 0.433 e. The van der Waals surface area contributed by atoms with Crippen molar-refractivity contribution >= 4 is 29.1 Å². The lowest BCUT2D eigenvalue weighted by atomic mass is 9.88. The van der Waals surface area contributed by atoms with E-state index in [9.17, 15) is 0 Å². The van der Waals surface area contributed by atoms with Crippen LogP contribution in [-0.4, -0.2) is 12.1 Å². The highest BCUT2D eigenvalue weighted by molar-refractivity contribution is 9.10. The van der Waals surface area contributed by atoms with Crippen LogP contribution < -0.4 is 5.23 Å². The lowest BCUT2D eigenvalue weighted by Crippen LogP contribution is -2.28. The Morgan fingerprint density at radius 2 is 2.29 bits per heavy atom. The molecule has 0 aliphatic carbocycles. The van der Waals surface area contributed by atoms with Gasteiger partial charge < -0.3 is 10.3 Å². The van der Waals surface area contributed by atoms with E-state index in [1.54, 1.807) is 6.82 Å². The minimum atomic E-state index is -0.515. The van der Waals surface area contributed by atoms with Gasteiger partial charge in [-0.2, -0.15) is 0 Å². The van der Waals surface area contributed by atoms with Crippen LogP contribution in [0.25, 0.3) is 6.08 Å². The quantitative estimate of drug-likeness (QED) is 0.812. The fraction of sp³-hybridized carbons (Fsp3) is 0.200. The second-order valence-electron chi connectivity index (χ2n) is 3.20. The molecule has 4 heteroatoms. The molecular formula is C10H13BBrNO. The summed E-state index contributed by atoms with van der Waals surface area (Å²) < 4.78 is 1.05. The van der Waals surface area contributed by atoms with Crippen molar-refractivity contribution < 1.29 is 5.02 Å². The van der Waals surface area contributed by atoms with Crippen LogP contribution in [0.3, 0.4) is 0 Å². The van der Waals surface area contributed by atoms with Crippen molar-refractivity contribution in [1.82, 2.24) is 5.23 Å². The van der Waals surface area contributed by atoms with Crippen LogP contribution in [0, 0.1) is 0 Å². The number of halogens is 1. The van der Waals surface area contributed by atoms with Crippen LogP contribution in [0.4, 0.5) is 0 Å². The summed E-state index contributed by atoms with van der Waals surface area (Å²) in [5.41, 5.74) is 2.04. The molecule has 1 aromatic rings. The third-order valence-electron chi connectivity index (χ3n) is 1.67. The molecule has 0 fully saturated rings. The summed E-state index contributed by atoms with van der Waals surface area (Å²) in [7, 11) is -0.515. The predicted molar refractivity (Wildman–Crippen MR) is 64.8 cm³/mol. The van der Waals surface area contributed by atoms with E-state index >= 15 is 0 Å². The number of nitrogens with one attached hydrogen (secondary N) is 1. The van der Waals surface area contributed by atoms with E-state index in [4.69, 9.17) is 5.02 Å². The van der Waals surface area contributed by atoms with Crippen molar-refractivity contribution in [2.45, 2.75) is 13.7 Å². The van der Waals surface area contributed by atoms with E-state index < -0.39 is 7.05 Å². The van der Waals surface area contributed by atoms with Gasteiger partial charge in [-0.1, -0.05) is 28.1 Å². The van der Waals surface area contributed by atoms with E-state index in [0.29, 0.717) is 0 Å². The zero-order chi connectivity index (χ0) is 10.6. The molecule has 2 N–H and O–H groups in total. The van der Waals surface area contributed by atoms with E-state index in [2.05, 4.69) is 21.2 Å². The standard InChI is InChI=1S/C10H13BBrNO/c1-8(13-11(2)14)6-9-4-3-5-10(12)7-9/h3-7,13-14H,1-2H3. The molecule has 0 saturated heterocycles. The van der Waals surface area contributed by atoms with Gasteiger partial charge >= 0.3 is 7.05 Å². The fourth-order valence-electron chi connectivity index (χ4n) is 1.22. The maximum atomic E-state index is 9.09. The maximum absolute atomic E-state index is 9.09. The van der Waals surface area contributed by atoms with E-state index in [1.165, 1.54) is 0 Å². The molecule has 0 aromatic heterocycles. The smallest absolute Gasteiger partial charge is 0.406 e. The molecule has 1 aromatic carbocycles. The van der Waals surface area contributed by atoms with Gasteiger partial charge in [0.1, 0.15) is 0 Å². The minimum absolute atomic E-state index is 0.515. The fourth-order valence-corrected chi connectivity index (χ4v) is 1.63. The first-order valence-electron chi connectivity index (χ1n) is 4.46. The van der Waals surface area contributed by atoms with Gasteiger partial charge in [-0.05, 0) is 43.2 Å². The molecule has 0 bridgehead atoms. The Labute approximate surface area is 93.3 Å². The molecule has 74 valence electrons. The van der Waals surface area contributed by atoms with Crippen LogP contribution in [0.5, 0.6) is 0 Å². The van der Waals surface area contributed by atoms with Crippen LogP contribution >= 0.6 is 15.9 Å². The van der Waals surface area contributed by atoms with E-state index in [-0.39, 0.29) is 0 Å². The zero-order valence-electron chi connectivity index (χ0n) is 8.29. The van der Waals surface area contributed by atoms with Crippen molar-refractivity contribution in [3.05, 3.63) is 40.0 Å². The average molecular weight is 254 g/mol. The predicted octanol–water partition coefficient (Wildman–Crippen LogP) is 2.51. The van der Waals surface area contributed by atoms with Crippen molar-refractivity contribution in [2.24, 2.45) is 0 Å². The van der Waals surface area contributed by atoms with Crippen LogP contribution in [0.15, 0.2) is 34.4 Å². The van der Waals surface area contributed by atoms with Crippen molar-refractivity contribution in [3.63, 3.8) is 0 Å². The third kappa shape index (κ3) is 3.98. The van der Waals surface area contributed by atoms with Gasteiger partial charge in [0.2, 0.25) is 0 Å². The Bertz CT molecular complexity index is 339. The average Bonchev–Trinajstić information content (AvgIpc) is 2.01. The molecule has 0 saturated carbocycles. The number of benzene rings is 1. The second kappa shape index (κ2) is 5.22. The molecule has 14 heavy (non-hydrogen) atoms. The summed E-state index contributed by atoms with van der Waals surface area (Å²) in [6, 6.07) is 7.99. The number of hydrogen-bond acceptors (Lipinski definition) is 2. The first-order chi connectivity index (χ1) is 6.58. The molecule has 1 rings (SSSR count). The number of allylic oxidation sites excluding steroid dienone is 1. The van der Waals surface area contributed by atoms with Gasteiger partial charge in [0.05, 0.1) is 0 Å². The van der Waals surface area contributed by atoms with Gasteiger partial charge in [-0.25, -0.2) is 0 Å². The maximum Gasteiger partial charge on any atom is 0.406 e. The minimum Gasteiger partial charge on any atom is -0.433 e. The summed E-state index contributed by atoms with van der Waals surface area (Å²) in [6.45, 7) is 3.62. The molecular weight excluding hydrogens is 241 g/mol. The normalized spacial score (nSPS) is 11.3. The Morgan fingerprint density at radius 1 is 1.57 bits per heavy atom. The Balaban J connectivity index is 2.76. The molecule has 0 aliphatic heterocycles. The highest BCUT2D eigenvalue weighted by Crippen LogP contribution is 2.13. The zero-order valence-corrected chi connectivity index (χ0v) is 9.88. The lowest BCUT2D eigenvalue weighted by Gasteiger charge is -2.05.